The highest BCUT2D eigenvalue weighted by molar-refractivity contribution is 7.13. The van der Waals surface area contributed by atoms with Gasteiger partial charge in [-0.15, -0.1) is 17.9 Å². The summed E-state index contributed by atoms with van der Waals surface area (Å²) in [6, 6.07) is 5.36. The summed E-state index contributed by atoms with van der Waals surface area (Å²) in [5, 5.41) is 10.3. The van der Waals surface area contributed by atoms with Crippen molar-refractivity contribution < 1.29 is 23.8 Å². The molecule has 0 spiro atoms. The summed E-state index contributed by atoms with van der Waals surface area (Å²) in [7, 11) is 1.66. The molecule has 0 radical (unpaired) electrons. The predicted octanol–water partition coefficient (Wildman–Crippen LogP) is 5.56. The molecule has 1 saturated carbocycles. The average molecular weight is 607 g/mol. The lowest BCUT2D eigenvalue weighted by atomic mass is 9.78. The van der Waals surface area contributed by atoms with E-state index in [4.69, 9.17) is 24.2 Å². The van der Waals surface area contributed by atoms with Crippen molar-refractivity contribution in [3.63, 3.8) is 0 Å². The van der Waals surface area contributed by atoms with E-state index in [1.807, 2.05) is 38.1 Å². The fourth-order valence-electron chi connectivity index (χ4n) is 6.08. The minimum Gasteiger partial charge on any atom is -0.496 e. The van der Waals surface area contributed by atoms with Crippen LogP contribution in [0.1, 0.15) is 63.6 Å². The van der Waals surface area contributed by atoms with Gasteiger partial charge in [0, 0.05) is 41.4 Å². The number of nitrogens with zero attached hydrogens (tertiary/aromatic N) is 2. The quantitative estimate of drug-likeness (QED) is 0.228. The normalized spacial score (nSPS) is 23.7. The Hall–Kier alpha value is -3.50. The van der Waals surface area contributed by atoms with Crippen molar-refractivity contribution in [1.82, 2.24) is 20.6 Å². The number of methoxy groups -OCH3 is 1. The molecule has 1 saturated heterocycles. The van der Waals surface area contributed by atoms with E-state index in [0.29, 0.717) is 44.1 Å². The van der Waals surface area contributed by atoms with Crippen LogP contribution in [0.5, 0.6) is 11.5 Å². The number of hydrogen-bond acceptors (Lipinski definition) is 9. The molecule has 1 aliphatic heterocycles. The highest BCUT2D eigenvalue weighted by Crippen LogP contribution is 2.37. The van der Waals surface area contributed by atoms with Crippen LogP contribution in [-0.2, 0) is 14.3 Å². The second-order valence-electron chi connectivity index (χ2n) is 11.8. The number of thiazole rings is 1. The van der Waals surface area contributed by atoms with Crippen LogP contribution in [0.4, 0.5) is 0 Å². The van der Waals surface area contributed by atoms with E-state index in [9.17, 15) is 9.59 Å². The molecule has 2 N–H and O–H groups in total. The van der Waals surface area contributed by atoms with Crippen LogP contribution < -0.4 is 20.1 Å². The lowest BCUT2D eigenvalue weighted by molar-refractivity contribution is -0.150. The van der Waals surface area contributed by atoms with Crippen molar-refractivity contribution in [2.75, 3.05) is 20.3 Å². The fourth-order valence-corrected chi connectivity index (χ4v) is 7.02. The third-order valence-electron chi connectivity index (χ3n) is 8.44. The summed E-state index contributed by atoms with van der Waals surface area (Å²) in [6.07, 6.45) is 4.24. The van der Waals surface area contributed by atoms with Gasteiger partial charge in [0.15, 0.2) is 0 Å². The number of carbonyl (C=O) groups is 2. The Kier molecular flexibility index (Phi) is 9.66. The first kappa shape index (κ1) is 30.9. The number of rotatable bonds is 10. The molecule has 43 heavy (non-hydrogen) atoms. The molecule has 0 bridgehead atoms. The van der Waals surface area contributed by atoms with E-state index in [1.165, 1.54) is 0 Å². The van der Waals surface area contributed by atoms with Crippen LogP contribution in [0.15, 0.2) is 36.2 Å². The van der Waals surface area contributed by atoms with Crippen LogP contribution in [0.3, 0.4) is 0 Å². The first-order valence-electron chi connectivity index (χ1n) is 15.1. The van der Waals surface area contributed by atoms with Gasteiger partial charge in [-0.25, -0.2) is 9.97 Å². The Morgan fingerprint density at radius 2 is 2.00 bits per heavy atom. The average Bonchev–Trinajstić information content (AvgIpc) is 3.68. The summed E-state index contributed by atoms with van der Waals surface area (Å²) in [5.74, 6) is 1.44. The summed E-state index contributed by atoms with van der Waals surface area (Å²) in [4.78, 5) is 35.6. The van der Waals surface area contributed by atoms with E-state index >= 15 is 0 Å². The van der Waals surface area contributed by atoms with Gasteiger partial charge in [-0.2, -0.15) is 0 Å². The van der Waals surface area contributed by atoms with Crippen LogP contribution >= 0.6 is 11.3 Å². The molecule has 10 heteroatoms. The number of amides is 1. The van der Waals surface area contributed by atoms with Crippen molar-refractivity contribution in [3.05, 3.63) is 47.5 Å². The van der Waals surface area contributed by atoms with E-state index in [1.54, 1.807) is 18.4 Å². The second-order valence-corrected chi connectivity index (χ2v) is 12.7. The largest absolute Gasteiger partial charge is 0.496 e. The molecule has 2 aromatic heterocycles. The van der Waals surface area contributed by atoms with E-state index in [0.717, 1.165) is 45.0 Å². The summed E-state index contributed by atoms with van der Waals surface area (Å²) >= 11 is 1.57. The highest BCUT2D eigenvalue weighted by atomic mass is 32.1. The molecular formula is C33H42N4O5S. The number of aromatic nitrogens is 2. The van der Waals surface area contributed by atoms with Gasteiger partial charge in [0.2, 0.25) is 5.91 Å². The number of esters is 1. The molecule has 2 fully saturated rings. The maximum absolute atomic E-state index is 13.3. The lowest BCUT2D eigenvalue weighted by Gasteiger charge is -2.33. The smallest absolute Gasteiger partial charge is 0.309 e. The van der Waals surface area contributed by atoms with Gasteiger partial charge in [-0.3, -0.25) is 9.59 Å². The van der Waals surface area contributed by atoms with Gasteiger partial charge in [0.25, 0.3) is 0 Å². The molecule has 3 heterocycles. The van der Waals surface area contributed by atoms with Crippen LogP contribution in [-0.4, -0.2) is 60.3 Å². The Labute approximate surface area is 257 Å². The molecule has 3 aromatic rings. The molecule has 1 amide bonds. The number of hydrogen-bond donors (Lipinski definition) is 2. The van der Waals surface area contributed by atoms with Crippen LogP contribution in [0.2, 0.25) is 0 Å². The zero-order valence-corrected chi connectivity index (χ0v) is 26.5. The first-order chi connectivity index (χ1) is 20.7. The molecule has 2 aliphatic rings. The van der Waals surface area contributed by atoms with E-state index in [-0.39, 0.29) is 35.9 Å². The van der Waals surface area contributed by atoms with Crippen molar-refractivity contribution in [1.29, 1.82) is 0 Å². The first-order valence-corrected chi connectivity index (χ1v) is 16.0. The molecule has 1 aliphatic carbocycles. The monoisotopic (exact) mass is 606 g/mol. The van der Waals surface area contributed by atoms with Gasteiger partial charge in [-0.05, 0) is 57.1 Å². The topological polar surface area (TPSA) is 112 Å². The number of pyridine rings is 1. The van der Waals surface area contributed by atoms with Gasteiger partial charge in [-0.1, -0.05) is 19.9 Å². The third kappa shape index (κ3) is 6.86. The Bertz CT molecular complexity index is 1490. The molecule has 230 valence electrons. The van der Waals surface area contributed by atoms with Crippen LogP contribution in [0.25, 0.3) is 21.6 Å². The zero-order valence-electron chi connectivity index (χ0n) is 25.6. The molecule has 5 atom stereocenters. The van der Waals surface area contributed by atoms with Crippen molar-refractivity contribution in [3.8, 4) is 22.2 Å². The minimum atomic E-state index is -0.392. The highest BCUT2D eigenvalue weighted by Gasteiger charge is 2.36. The standard InChI is InChI=1S/C33H42N4O5S/c1-7-20-11-21(33(39)41-8-2)13-22(12-20)35-31(38)25-14-23(16-34-25)42-29-15-26(32-37-27(17-43-32)18(3)4)36-30-19(5)28(40-6)10-9-24(29)30/h7,9-10,15,17-18,20-23,25,34H,1,8,11-14,16H2,2-6H3,(H,35,38)/t20-,21?,22?,23-,25+/m1/s1. The summed E-state index contributed by atoms with van der Waals surface area (Å²) < 4.78 is 17.4. The SMILES string of the molecule is C=C[C@H]1CC(NC(=O)[C@@H]2C[C@@H](Oc3cc(-c4nc(C(C)C)cs4)nc4c(C)c(OC)ccc34)CN2)CC(C(=O)OCC)C1. The Morgan fingerprint density at radius 3 is 2.70 bits per heavy atom. The third-order valence-corrected chi connectivity index (χ3v) is 9.33. The van der Waals surface area contributed by atoms with Crippen molar-refractivity contribution in [2.45, 2.75) is 77.5 Å². The van der Waals surface area contributed by atoms with Crippen molar-refractivity contribution in [2.24, 2.45) is 11.8 Å². The van der Waals surface area contributed by atoms with Gasteiger partial charge >= 0.3 is 5.97 Å². The maximum Gasteiger partial charge on any atom is 0.309 e. The van der Waals surface area contributed by atoms with Gasteiger partial charge in [0.1, 0.15) is 28.3 Å². The predicted molar refractivity (Wildman–Crippen MR) is 169 cm³/mol. The molecule has 5 rings (SSSR count). The summed E-state index contributed by atoms with van der Waals surface area (Å²) in [5.41, 5.74) is 3.52. The Morgan fingerprint density at radius 1 is 1.19 bits per heavy atom. The van der Waals surface area contributed by atoms with E-state index < -0.39 is 6.04 Å². The number of benzene rings is 1. The molecule has 1 aromatic carbocycles. The van der Waals surface area contributed by atoms with E-state index in [2.05, 4.69) is 36.4 Å². The molecule has 9 nitrogen and oxygen atoms in total. The maximum atomic E-state index is 13.3. The number of carbonyl (C=O) groups excluding carboxylic acids is 2. The number of nitrogens with one attached hydrogen (secondary N) is 2. The minimum absolute atomic E-state index is 0.0757. The van der Waals surface area contributed by atoms with Crippen molar-refractivity contribution >= 4 is 34.1 Å². The number of ether oxygens (including phenoxy) is 3. The van der Waals surface area contributed by atoms with Gasteiger partial charge < -0.3 is 24.8 Å². The number of allylic oxidation sites excluding steroid dienone is 1. The molecule has 2 unspecified atom stereocenters. The van der Waals surface area contributed by atoms with Crippen LogP contribution in [0, 0.1) is 18.8 Å². The fraction of sp³-hybridized carbons (Fsp3) is 0.515. The van der Waals surface area contributed by atoms with Gasteiger partial charge in [0.05, 0.1) is 36.9 Å². The summed E-state index contributed by atoms with van der Waals surface area (Å²) in [6.45, 7) is 12.9. The zero-order chi connectivity index (χ0) is 30.7. The molecular weight excluding hydrogens is 564 g/mol. The number of aryl methyl sites for hydroxylation is 1. The number of fused-ring (bicyclic) bond motifs is 1. The second kappa shape index (κ2) is 13.4. The lowest BCUT2D eigenvalue weighted by Crippen LogP contribution is -2.48. The Balaban J connectivity index is 1.32.